The zero-order chi connectivity index (χ0) is 18.9. The van der Waals surface area contributed by atoms with Crippen LogP contribution in [0, 0.1) is 5.92 Å². The Morgan fingerprint density at radius 1 is 1.19 bits per heavy atom. The van der Waals surface area contributed by atoms with Crippen molar-refractivity contribution in [2.45, 2.75) is 26.6 Å². The number of nitrogens with zero attached hydrogens (tertiary/aromatic N) is 5. The van der Waals surface area contributed by atoms with Gasteiger partial charge in [0.25, 0.3) is 5.91 Å². The molecular weight excluding hydrogens is 347 g/mol. The molecule has 0 aromatic carbocycles. The molecular formula is C17H22F3N5O. The Balaban J connectivity index is 1.67. The van der Waals surface area contributed by atoms with Gasteiger partial charge in [-0.15, -0.1) is 0 Å². The van der Waals surface area contributed by atoms with Gasteiger partial charge in [0.2, 0.25) is 0 Å². The fraction of sp³-hybridized carbons (Fsp3) is 0.588. The molecule has 0 saturated carbocycles. The quantitative estimate of drug-likeness (QED) is 0.831. The van der Waals surface area contributed by atoms with Crippen molar-refractivity contribution in [2.75, 3.05) is 32.7 Å². The summed E-state index contributed by atoms with van der Waals surface area (Å²) < 4.78 is 39.3. The van der Waals surface area contributed by atoms with Crippen molar-refractivity contribution < 1.29 is 18.0 Å². The van der Waals surface area contributed by atoms with Gasteiger partial charge in [0.1, 0.15) is 5.52 Å². The summed E-state index contributed by atoms with van der Waals surface area (Å²) in [6, 6.07) is 1.70. The van der Waals surface area contributed by atoms with E-state index in [0.29, 0.717) is 17.0 Å². The zero-order valence-electron chi connectivity index (χ0n) is 14.8. The highest BCUT2D eigenvalue weighted by Gasteiger charge is 2.33. The van der Waals surface area contributed by atoms with Crippen molar-refractivity contribution in [3.63, 3.8) is 0 Å². The maximum absolute atomic E-state index is 12.6. The monoisotopic (exact) mass is 369 g/mol. The van der Waals surface area contributed by atoms with Crippen LogP contribution in [-0.2, 0) is 6.54 Å². The second-order valence-corrected chi connectivity index (χ2v) is 7.04. The number of alkyl halides is 3. The van der Waals surface area contributed by atoms with Gasteiger partial charge in [-0.25, -0.2) is 9.97 Å². The number of hydrogen-bond acceptors (Lipinski definition) is 4. The van der Waals surface area contributed by atoms with Crippen LogP contribution in [0.1, 0.15) is 24.2 Å². The van der Waals surface area contributed by atoms with Crippen LogP contribution in [0.25, 0.3) is 11.2 Å². The van der Waals surface area contributed by atoms with Crippen LogP contribution in [0.4, 0.5) is 13.2 Å². The third-order valence-electron chi connectivity index (χ3n) is 4.33. The van der Waals surface area contributed by atoms with Crippen LogP contribution in [0.3, 0.4) is 0 Å². The van der Waals surface area contributed by atoms with Crippen molar-refractivity contribution in [3.05, 3.63) is 24.2 Å². The first-order valence-corrected chi connectivity index (χ1v) is 8.62. The summed E-state index contributed by atoms with van der Waals surface area (Å²) in [6.07, 6.45) is -0.983. The minimum absolute atomic E-state index is 0.212. The number of carbonyl (C=O) groups excluding carboxylic acids is 1. The normalized spacial score (nSPS) is 16.6. The molecule has 1 fully saturated rings. The van der Waals surface area contributed by atoms with Crippen molar-refractivity contribution >= 4 is 17.1 Å². The molecule has 142 valence electrons. The van der Waals surface area contributed by atoms with E-state index >= 15 is 0 Å². The number of halogens is 3. The second kappa shape index (κ2) is 7.22. The molecule has 1 aliphatic heterocycles. The van der Waals surface area contributed by atoms with E-state index in [4.69, 9.17) is 0 Å². The van der Waals surface area contributed by atoms with Crippen molar-refractivity contribution in [1.29, 1.82) is 0 Å². The number of aromatic nitrogens is 3. The predicted octanol–water partition coefficient (Wildman–Crippen LogP) is 2.41. The molecule has 1 aliphatic rings. The fourth-order valence-electron chi connectivity index (χ4n) is 3.14. The molecule has 26 heavy (non-hydrogen) atoms. The number of imidazole rings is 1. The second-order valence-electron chi connectivity index (χ2n) is 7.04. The smallest absolute Gasteiger partial charge is 0.336 e. The molecule has 3 rings (SSSR count). The van der Waals surface area contributed by atoms with Gasteiger partial charge < -0.3 is 9.47 Å². The molecule has 6 nitrogen and oxygen atoms in total. The first-order chi connectivity index (χ1) is 12.2. The molecule has 3 heterocycles. The molecule has 2 aromatic rings. The largest absolute Gasteiger partial charge is 0.401 e. The van der Waals surface area contributed by atoms with E-state index in [1.807, 2.05) is 4.57 Å². The highest BCUT2D eigenvalue weighted by molar-refractivity contribution is 5.96. The van der Waals surface area contributed by atoms with E-state index in [1.54, 1.807) is 17.3 Å². The first-order valence-electron chi connectivity index (χ1n) is 8.62. The van der Waals surface area contributed by atoms with Crippen LogP contribution < -0.4 is 0 Å². The molecule has 9 heteroatoms. The number of fused-ring (bicyclic) bond motifs is 1. The lowest BCUT2D eigenvalue weighted by Crippen LogP contribution is -2.50. The van der Waals surface area contributed by atoms with Crippen LogP contribution in [0.2, 0.25) is 0 Å². The Morgan fingerprint density at radius 3 is 2.50 bits per heavy atom. The molecule has 2 aromatic heterocycles. The number of carbonyl (C=O) groups is 1. The molecule has 0 N–H and O–H groups in total. The summed E-state index contributed by atoms with van der Waals surface area (Å²) in [5.74, 6) is 0.230. The lowest BCUT2D eigenvalue weighted by molar-refractivity contribution is -0.148. The standard InChI is InChI=1S/C17H22F3N5O/c1-12(2)9-25-11-22-14-7-13(8-21-15(14)25)16(26)24-5-3-23(4-6-24)10-17(18,19)20/h7-8,11-12H,3-6,9-10H2,1-2H3. The van der Waals surface area contributed by atoms with Gasteiger partial charge in [0.15, 0.2) is 5.65 Å². The number of piperazine rings is 1. The van der Waals surface area contributed by atoms with Gasteiger partial charge in [-0.2, -0.15) is 13.2 Å². The van der Waals surface area contributed by atoms with Gasteiger partial charge in [0.05, 0.1) is 18.4 Å². The minimum atomic E-state index is -4.21. The van der Waals surface area contributed by atoms with E-state index in [0.717, 1.165) is 12.2 Å². The molecule has 0 atom stereocenters. The van der Waals surface area contributed by atoms with E-state index in [9.17, 15) is 18.0 Å². The molecule has 0 radical (unpaired) electrons. The van der Waals surface area contributed by atoms with E-state index in [-0.39, 0.29) is 32.1 Å². The van der Waals surface area contributed by atoms with Crippen LogP contribution in [0.5, 0.6) is 0 Å². The van der Waals surface area contributed by atoms with E-state index in [2.05, 4.69) is 23.8 Å². The van der Waals surface area contributed by atoms with Gasteiger partial charge in [-0.3, -0.25) is 9.69 Å². The van der Waals surface area contributed by atoms with Crippen LogP contribution in [-0.4, -0.2) is 69.1 Å². The summed E-state index contributed by atoms with van der Waals surface area (Å²) in [5.41, 5.74) is 1.79. The average molecular weight is 369 g/mol. The SMILES string of the molecule is CC(C)Cn1cnc2cc(C(=O)N3CCN(CC(F)(F)F)CC3)cnc21. The molecule has 0 unspecified atom stereocenters. The number of pyridine rings is 1. The summed E-state index contributed by atoms with van der Waals surface area (Å²) in [6.45, 7) is 5.02. The van der Waals surface area contributed by atoms with Crippen molar-refractivity contribution in [3.8, 4) is 0 Å². The maximum Gasteiger partial charge on any atom is 0.401 e. The highest BCUT2D eigenvalue weighted by Crippen LogP contribution is 2.19. The van der Waals surface area contributed by atoms with Gasteiger partial charge in [-0.1, -0.05) is 13.8 Å². The Bertz CT molecular complexity index is 778. The fourth-order valence-corrected chi connectivity index (χ4v) is 3.14. The van der Waals surface area contributed by atoms with Gasteiger partial charge in [0, 0.05) is 38.9 Å². The Kier molecular flexibility index (Phi) is 5.17. The third-order valence-corrected chi connectivity index (χ3v) is 4.33. The van der Waals surface area contributed by atoms with E-state index in [1.165, 1.54) is 11.1 Å². The Morgan fingerprint density at radius 2 is 1.88 bits per heavy atom. The lowest BCUT2D eigenvalue weighted by Gasteiger charge is -2.34. The minimum Gasteiger partial charge on any atom is -0.336 e. The lowest BCUT2D eigenvalue weighted by atomic mass is 10.2. The maximum atomic E-state index is 12.6. The van der Waals surface area contributed by atoms with Crippen molar-refractivity contribution in [1.82, 2.24) is 24.3 Å². The average Bonchev–Trinajstić information content (AvgIpc) is 2.95. The number of rotatable bonds is 4. The molecule has 0 aliphatic carbocycles. The predicted molar refractivity (Wildman–Crippen MR) is 90.8 cm³/mol. The summed E-state index contributed by atoms with van der Waals surface area (Å²) in [4.78, 5) is 24.2. The van der Waals surface area contributed by atoms with Crippen LogP contribution >= 0.6 is 0 Å². The summed E-state index contributed by atoms with van der Waals surface area (Å²) in [7, 11) is 0. The zero-order valence-corrected chi connectivity index (χ0v) is 14.8. The summed E-state index contributed by atoms with van der Waals surface area (Å²) >= 11 is 0. The molecule has 1 amide bonds. The van der Waals surface area contributed by atoms with Gasteiger partial charge in [-0.05, 0) is 12.0 Å². The molecule has 0 spiro atoms. The van der Waals surface area contributed by atoms with Crippen molar-refractivity contribution in [2.24, 2.45) is 5.92 Å². The third kappa shape index (κ3) is 4.32. The highest BCUT2D eigenvalue weighted by atomic mass is 19.4. The Labute approximate surface area is 149 Å². The van der Waals surface area contributed by atoms with Gasteiger partial charge >= 0.3 is 6.18 Å². The van der Waals surface area contributed by atoms with Crippen LogP contribution in [0.15, 0.2) is 18.6 Å². The molecule has 0 bridgehead atoms. The van der Waals surface area contributed by atoms with E-state index < -0.39 is 12.7 Å². The first kappa shape index (κ1) is 18.6. The number of amides is 1. The molecule has 1 saturated heterocycles. The number of hydrogen-bond donors (Lipinski definition) is 0. The topological polar surface area (TPSA) is 54.3 Å². The summed E-state index contributed by atoms with van der Waals surface area (Å²) in [5, 5.41) is 0. The Hall–Kier alpha value is -2.16.